The number of para-hydroxylation sites is 1. The second kappa shape index (κ2) is 5.77. The van der Waals surface area contributed by atoms with Gasteiger partial charge in [-0.1, -0.05) is 45.9 Å². The number of esters is 1. The second-order valence-corrected chi connectivity index (χ2v) is 6.20. The van der Waals surface area contributed by atoms with Gasteiger partial charge in [-0.15, -0.1) is 0 Å². The van der Waals surface area contributed by atoms with Crippen LogP contribution in [0.25, 0.3) is 0 Å². The smallest absolute Gasteiger partial charge is 0.311 e. The number of ether oxygens (including phenoxy) is 1. The van der Waals surface area contributed by atoms with Crippen LogP contribution < -0.4 is 4.74 Å². The van der Waals surface area contributed by atoms with Crippen molar-refractivity contribution in [2.24, 2.45) is 5.92 Å². The van der Waals surface area contributed by atoms with E-state index in [0.717, 1.165) is 16.9 Å². The summed E-state index contributed by atoms with van der Waals surface area (Å²) in [6.07, 6.45) is 2.93. The fourth-order valence-corrected chi connectivity index (χ4v) is 2.31. The SMILES string of the molecule is CC(C)c1cccc(C(C)C)c1OC(=O)CC1CC1. The van der Waals surface area contributed by atoms with Gasteiger partial charge in [-0.05, 0) is 41.7 Å². The molecule has 0 atom stereocenters. The maximum atomic E-state index is 12.0. The molecule has 104 valence electrons. The van der Waals surface area contributed by atoms with Gasteiger partial charge in [-0.3, -0.25) is 4.79 Å². The van der Waals surface area contributed by atoms with E-state index in [9.17, 15) is 4.79 Å². The Labute approximate surface area is 116 Å². The van der Waals surface area contributed by atoms with Gasteiger partial charge in [0.1, 0.15) is 5.75 Å². The summed E-state index contributed by atoms with van der Waals surface area (Å²) in [7, 11) is 0. The van der Waals surface area contributed by atoms with Crippen LogP contribution in [-0.4, -0.2) is 5.97 Å². The summed E-state index contributed by atoms with van der Waals surface area (Å²) in [4.78, 5) is 12.0. The molecular formula is C17H24O2. The highest BCUT2D eigenvalue weighted by molar-refractivity contribution is 5.74. The molecule has 0 saturated heterocycles. The minimum atomic E-state index is -0.0718. The minimum Gasteiger partial charge on any atom is -0.426 e. The third-order valence-corrected chi connectivity index (χ3v) is 3.69. The first-order valence-electron chi connectivity index (χ1n) is 7.32. The van der Waals surface area contributed by atoms with E-state index in [1.54, 1.807) is 0 Å². The van der Waals surface area contributed by atoms with Crippen LogP contribution in [0.2, 0.25) is 0 Å². The molecule has 1 saturated carbocycles. The van der Waals surface area contributed by atoms with E-state index >= 15 is 0 Å². The van der Waals surface area contributed by atoms with Gasteiger partial charge in [0, 0.05) is 6.42 Å². The molecule has 0 aromatic heterocycles. The predicted octanol–water partition coefficient (Wildman–Crippen LogP) is 4.64. The van der Waals surface area contributed by atoms with Crippen LogP contribution in [0.3, 0.4) is 0 Å². The van der Waals surface area contributed by atoms with Gasteiger partial charge < -0.3 is 4.74 Å². The Morgan fingerprint density at radius 1 is 1.16 bits per heavy atom. The van der Waals surface area contributed by atoms with E-state index in [2.05, 4.69) is 45.9 Å². The Hall–Kier alpha value is -1.31. The fraction of sp³-hybridized carbons (Fsp3) is 0.588. The van der Waals surface area contributed by atoms with E-state index in [0.29, 0.717) is 24.2 Å². The molecule has 0 unspecified atom stereocenters. The van der Waals surface area contributed by atoms with Crippen LogP contribution in [0.4, 0.5) is 0 Å². The largest absolute Gasteiger partial charge is 0.426 e. The predicted molar refractivity (Wildman–Crippen MR) is 77.6 cm³/mol. The van der Waals surface area contributed by atoms with Crippen molar-refractivity contribution in [1.29, 1.82) is 0 Å². The summed E-state index contributed by atoms with van der Waals surface area (Å²) < 4.78 is 5.71. The molecule has 2 nitrogen and oxygen atoms in total. The quantitative estimate of drug-likeness (QED) is 0.569. The van der Waals surface area contributed by atoms with Crippen molar-refractivity contribution < 1.29 is 9.53 Å². The zero-order valence-corrected chi connectivity index (χ0v) is 12.4. The summed E-state index contributed by atoms with van der Waals surface area (Å²) in [5, 5.41) is 0. The number of benzene rings is 1. The lowest BCUT2D eigenvalue weighted by Gasteiger charge is -2.18. The molecule has 0 spiro atoms. The Balaban J connectivity index is 2.25. The van der Waals surface area contributed by atoms with Crippen LogP contribution in [0.15, 0.2) is 18.2 Å². The lowest BCUT2D eigenvalue weighted by Crippen LogP contribution is -2.12. The van der Waals surface area contributed by atoms with Crippen LogP contribution in [0.1, 0.15) is 69.9 Å². The molecule has 1 aromatic carbocycles. The molecule has 19 heavy (non-hydrogen) atoms. The maximum absolute atomic E-state index is 12.0. The van der Waals surface area contributed by atoms with Crippen molar-refractivity contribution in [3.05, 3.63) is 29.3 Å². The maximum Gasteiger partial charge on any atom is 0.311 e. The summed E-state index contributed by atoms with van der Waals surface area (Å²) >= 11 is 0. The topological polar surface area (TPSA) is 26.3 Å². The third-order valence-electron chi connectivity index (χ3n) is 3.69. The summed E-state index contributed by atoms with van der Waals surface area (Å²) in [5.74, 6) is 2.03. The molecule has 1 fully saturated rings. The first kappa shape index (κ1) is 14.1. The van der Waals surface area contributed by atoms with Gasteiger partial charge in [0.15, 0.2) is 0 Å². The number of hydrogen-bond donors (Lipinski definition) is 0. The zero-order chi connectivity index (χ0) is 14.0. The number of carbonyl (C=O) groups is 1. The van der Waals surface area contributed by atoms with Crippen molar-refractivity contribution in [2.45, 2.75) is 58.8 Å². The summed E-state index contributed by atoms with van der Waals surface area (Å²) in [6, 6.07) is 6.19. The van der Waals surface area contributed by atoms with Crippen LogP contribution >= 0.6 is 0 Å². The Morgan fingerprint density at radius 2 is 1.68 bits per heavy atom. The molecule has 0 N–H and O–H groups in total. The Morgan fingerprint density at radius 3 is 2.11 bits per heavy atom. The highest BCUT2D eigenvalue weighted by Gasteiger charge is 2.26. The fourth-order valence-electron chi connectivity index (χ4n) is 2.31. The normalized spacial score (nSPS) is 15.1. The standard InChI is InChI=1S/C17H24O2/c1-11(2)14-6-5-7-15(12(3)4)17(14)19-16(18)10-13-8-9-13/h5-7,11-13H,8-10H2,1-4H3. The average molecular weight is 260 g/mol. The van der Waals surface area contributed by atoms with Crippen LogP contribution in [-0.2, 0) is 4.79 Å². The van der Waals surface area contributed by atoms with Crippen LogP contribution in [0.5, 0.6) is 5.75 Å². The van der Waals surface area contributed by atoms with Gasteiger partial charge in [-0.25, -0.2) is 0 Å². The van der Waals surface area contributed by atoms with E-state index in [1.807, 2.05) is 0 Å². The van der Waals surface area contributed by atoms with E-state index in [-0.39, 0.29) is 5.97 Å². The van der Waals surface area contributed by atoms with E-state index < -0.39 is 0 Å². The van der Waals surface area contributed by atoms with Crippen LogP contribution in [0, 0.1) is 5.92 Å². The van der Waals surface area contributed by atoms with Gasteiger partial charge >= 0.3 is 5.97 Å². The third kappa shape index (κ3) is 3.59. The Bertz CT molecular complexity index is 430. The molecular weight excluding hydrogens is 236 g/mol. The highest BCUT2D eigenvalue weighted by Crippen LogP contribution is 2.36. The average Bonchev–Trinajstić information content (AvgIpc) is 3.12. The van der Waals surface area contributed by atoms with Gasteiger partial charge in [0.25, 0.3) is 0 Å². The Kier molecular flexibility index (Phi) is 4.28. The number of hydrogen-bond acceptors (Lipinski definition) is 2. The van der Waals surface area contributed by atoms with Gasteiger partial charge in [0.05, 0.1) is 0 Å². The second-order valence-electron chi connectivity index (χ2n) is 6.20. The molecule has 2 rings (SSSR count). The highest BCUT2D eigenvalue weighted by atomic mass is 16.5. The molecule has 2 heteroatoms. The molecule has 0 radical (unpaired) electrons. The first-order chi connectivity index (χ1) is 8.99. The van der Waals surface area contributed by atoms with Crippen molar-refractivity contribution in [3.63, 3.8) is 0 Å². The molecule has 0 heterocycles. The summed E-state index contributed by atoms with van der Waals surface area (Å²) in [5.41, 5.74) is 2.27. The summed E-state index contributed by atoms with van der Waals surface area (Å²) in [6.45, 7) is 8.55. The van der Waals surface area contributed by atoms with Crippen molar-refractivity contribution in [2.75, 3.05) is 0 Å². The van der Waals surface area contributed by atoms with Crippen molar-refractivity contribution in [1.82, 2.24) is 0 Å². The zero-order valence-electron chi connectivity index (χ0n) is 12.4. The molecule has 0 aliphatic heterocycles. The molecule has 0 amide bonds. The van der Waals surface area contributed by atoms with Crippen molar-refractivity contribution >= 4 is 5.97 Å². The molecule has 0 bridgehead atoms. The lowest BCUT2D eigenvalue weighted by atomic mass is 9.94. The van der Waals surface area contributed by atoms with E-state index in [4.69, 9.17) is 4.74 Å². The van der Waals surface area contributed by atoms with Crippen molar-refractivity contribution in [3.8, 4) is 5.75 Å². The van der Waals surface area contributed by atoms with E-state index in [1.165, 1.54) is 12.8 Å². The minimum absolute atomic E-state index is 0.0718. The van der Waals surface area contributed by atoms with Gasteiger partial charge in [0.2, 0.25) is 0 Å². The monoisotopic (exact) mass is 260 g/mol. The number of carbonyl (C=O) groups excluding carboxylic acids is 1. The van der Waals surface area contributed by atoms with Gasteiger partial charge in [-0.2, -0.15) is 0 Å². The lowest BCUT2D eigenvalue weighted by molar-refractivity contribution is -0.134. The first-order valence-corrected chi connectivity index (χ1v) is 7.32. The molecule has 1 aliphatic rings. The molecule has 1 aromatic rings. The molecule has 1 aliphatic carbocycles. The number of rotatable bonds is 5.